The minimum absolute atomic E-state index is 0.391. The number of aliphatic hydroxyl groups is 1. The molecule has 0 saturated heterocycles. The summed E-state index contributed by atoms with van der Waals surface area (Å²) in [4.78, 5) is 14.9. The molecule has 0 aliphatic heterocycles. The number of hydrogen-bond donors (Lipinski definition) is 1. The molecule has 94 valence electrons. The lowest BCUT2D eigenvalue weighted by molar-refractivity contribution is 0.0577. The fraction of sp³-hybridized carbons (Fsp3) is 0.308. The van der Waals surface area contributed by atoms with E-state index < -0.39 is 5.60 Å². The van der Waals surface area contributed by atoms with Crippen LogP contribution in [0.1, 0.15) is 24.3 Å². The van der Waals surface area contributed by atoms with Gasteiger partial charge in [0.15, 0.2) is 6.29 Å². The Labute approximate surface area is 105 Å². The van der Waals surface area contributed by atoms with E-state index in [2.05, 4.69) is 10.1 Å². The molecule has 0 spiro atoms. The molecule has 1 N–H and O–H groups in total. The summed E-state index contributed by atoms with van der Waals surface area (Å²) in [6.45, 7) is 3.85. The van der Waals surface area contributed by atoms with Crippen LogP contribution >= 0.6 is 0 Å². The molecule has 0 bridgehead atoms. The minimum atomic E-state index is -0.818. The average Bonchev–Trinajstić information content (AvgIpc) is 2.75. The molecule has 0 aliphatic carbocycles. The predicted molar refractivity (Wildman–Crippen MR) is 67.1 cm³/mol. The lowest BCUT2D eigenvalue weighted by Crippen LogP contribution is -2.26. The Morgan fingerprint density at radius 1 is 1.44 bits per heavy atom. The summed E-state index contributed by atoms with van der Waals surface area (Å²) < 4.78 is 1.66. The summed E-state index contributed by atoms with van der Waals surface area (Å²) in [7, 11) is 0. The van der Waals surface area contributed by atoms with Crippen LogP contribution in [0.3, 0.4) is 0 Å². The van der Waals surface area contributed by atoms with E-state index in [0.717, 1.165) is 5.56 Å². The van der Waals surface area contributed by atoms with Crippen LogP contribution in [-0.2, 0) is 6.54 Å². The molecule has 0 amide bonds. The largest absolute Gasteiger partial charge is 0.389 e. The van der Waals surface area contributed by atoms with Crippen molar-refractivity contribution in [3.63, 3.8) is 0 Å². The van der Waals surface area contributed by atoms with Crippen molar-refractivity contribution >= 4 is 6.29 Å². The second-order valence-corrected chi connectivity index (χ2v) is 4.80. The molecule has 2 heterocycles. The fourth-order valence-electron chi connectivity index (χ4n) is 1.66. The van der Waals surface area contributed by atoms with Crippen molar-refractivity contribution in [1.82, 2.24) is 14.8 Å². The maximum atomic E-state index is 10.7. The van der Waals surface area contributed by atoms with Gasteiger partial charge in [0, 0.05) is 11.8 Å². The van der Waals surface area contributed by atoms with E-state index in [-0.39, 0.29) is 0 Å². The first-order valence-corrected chi connectivity index (χ1v) is 5.65. The minimum Gasteiger partial charge on any atom is -0.389 e. The lowest BCUT2D eigenvalue weighted by Gasteiger charge is -2.16. The summed E-state index contributed by atoms with van der Waals surface area (Å²) in [5.41, 5.74) is 1.09. The number of aromatic nitrogens is 3. The van der Waals surface area contributed by atoms with Crippen LogP contribution < -0.4 is 0 Å². The van der Waals surface area contributed by atoms with Gasteiger partial charge in [-0.3, -0.25) is 9.48 Å². The van der Waals surface area contributed by atoms with Gasteiger partial charge >= 0.3 is 0 Å². The zero-order chi connectivity index (χ0) is 13.2. The monoisotopic (exact) mass is 245 g/mol. The highest BCUT2D eigenvalue weighted by Crippen LogP contribution is 2.17. The molecule has 0 unspecified atom stereocenters. The number of aldehydes is 1. The molecule has 5 heteroatoms. The molecule has 0 radical (unpaired) electrons. The Morgan fingerprint density at radius 2 is 2.22 bits per heavy atom. The smallest absolute Gasteiger partial charge is 0.168 e. The maximum Gasteiger partial charge on any atom is 0.168 e. The Morgan fingerprint density at radius 3 is 2.89 bits per heavy atom. The highest BCUT2D eigenvalue weighted by Gasteiger charge is 2.14. The zero-order valence-corrected chi connectivity index (χ0v) is 10.4. The van der Waals surface area contributed by atoms with E-state index in [0.29, 0.717) is 24.2 Å². The summed E-state index contributed by atoms with van der Waals surface area (Å²) >= 11 is 0. The lowest BCUT2D eigenvalue weighted by atomic mass is 10.1. The van der Waals surface area contributed by atoms with Gasteiger partial charge in [0.05, 0.1) is 24.0 Å². The summed E-state index contributed by atoms with van der Waals surface area (Å²) in [6.07, 6.45) is 4.18. The van der Waals surface area contributed by atoms with E-state index in [9.17, 15) is 9.90 Å². The molecule has 0 fully saturated rings. The van der Waals surface area contributed by atoms with E-state index in [1.807, 2.05) is 6.07 Å². The van der Waals surface area contributed by atoms with Gasteiger partial charge in [0.25, 0.3) is 0 Å². The normalized spacial score (nSPS) is 11.5. The zero-order valence-electron chi connectivity index (χ0n) is 10.4. The van der Waals surface area contributed by atoms with Gasteiger partial charge in [-0.15, -0.1) is 0 Å². The number of carbonyl (C=O) groups excluding carboxylic acids is 1. The van der Waals surface area contributed by atoms with Crippen LogP contribution in [0.15, 0.2) is 30.6 Å². The van der Waals surface area contributed by atoms with Crippen LogP contribution in [0.5, 0.6) is 0 Å². The molecule has 18 heavy (non-hydrogen) atoms. The molecule has 0 atom stereocenters. The van der Waals surface area contributed by atoms with Crippen LogP contribution in [-0.4, -0.2) is 31.8 Å². The summed E-state index contributed by atoms with van der Waals surface area (Å²) in [6, 6.07) is 5.25. The third kappa shape index (κ3) is 3.01. The summed E-state index contributed by atoms with van der Waals surface area (Å²) in [5.74, 6) is 0. The number of pyridine rings is 1. The molecular weight excluding hydrogens is 230 g/mol. The second-order valence-electron chi connectivity index (χ2n) is 4.80. The van der Waals surface area contributed by atoms with Gasteiger partial charge in [-0.05, 0) is 26.0 Å². The van der Waals surface area contributed by atoms with Gasteiger partial charge in [-0.25, -0.2) is 4.98 Å². The highest BCUT2D eigenvalue weighted by atomic mass is 16.3. The Kier molecular flexibility index (Phi) is 3.25. The molecule has 0 saturated carbocycles. The predicted octanol–water partition coefficient (Wildman–Crippen LogP) is 1.53. The van der Waals surface area contributed by atoms with E-state index in [1.54, 1.807) is 43.1 Å². The second kappa shape index (κ2) is 4.70. The van der Waals surface area contributed by atoms with Gasteiger partial charge in [-0.1, -0.05) is 6.07 Å². The van der Waals surface area contributed by atoms with Gasteiger partial charge in [-0.2, -0.15) is 5.10 Å². The first kappa shape index (κ1) is 12.4. The number of rotatable bonds is 4. The number of carbonyl (C=O) groups is 1. The topological polar surface area (TPSA) is 68.0 Å². The fourth-order valence-corrected chi connectivity index (χ4v) is 1.66. The van der Waals surface area contributed by atoms with Crippen LogP contribution in [0, 0.1) is 0 Å². The van der Waals surface area contributed by atoms with E-state index in [4.69, 9.17) is 0 Å². The third-order valence-electron chi connectivity index (χ3n) is 2.37. The molecule has 0 aliphatic rings. The molecule has 2 aromatic rings. The Bertz CT molecular complexity index is 555. The molecular formula is C13H15N3O2. The van der Waals surface area contributed by atoms with Crippen molar-refractivity contribution < 1.29 is 9.90 Å². The van der Waals surface area contributed by atoms with Gasteiger partial charge < -0.3 is 5.11 Å². The molecule has 2 rings (SSSR count). The quantitative estimate of drug-likeness (QED) is 0.829. The summed E-state index contributed by atoms with van der Waals surface area (Å²) in [5, 5.41) is 13.9. The average molecular weight is 245 g/mol. The van der Waals surface area contributed by atoms with E-state index >= 15 is 0 Å². The molecule has 5 nitrogen and oxygen atoms in total. The Hall–Kier alpha value is -2.01. The Balaban J connectivity index is 2.26. The van der Waals surface area contributed by atoms with Crippen molar-refractivity contribution in [1.29, 1.82) is 0 Å². The number of hydrogen-bond acceptors (Lipinski definition) is 4. The van der Waals surface area contributed by atoms with Crippen LogP contribution in [0.25, 0.3) is 11.3 Å². The van der Waals surface area contributed by atoms with Gasteiger partial charge in [0.1, 0.15) is 5.69 Å². The van der Waals surface area contributed by atoms with Crippen molar-refractivity contribution in [3.05, 3.63) is 36.3 Å². The van der Waals surface area contributed by atoms with Crippen LogP contribution in [0.4, 0.5) is 0 Å². The van der Waals surface area contributed by atoms with Crippen molar-refractivity contribution in [2.75, 3.05) is 0 Å². The first-order valence-electron chi connectivity index (χ1n) is 5.65. The van der Waals surface area contributed by atoms with Crippen LogP contribution in [0.2, 0.25) is 0 Å². The molecule has 2 aromatic heterocycles. The third-order valence-corrected chi connectivity index (χ3v) is 2.37. The number of nitrogens with zero attached hydrogens (tertiary/aromatic N) is 3. The SMILES string of the molecule is CC(C)(O)Cn1cc(-c2cccc(C=O)n2)cn1. The maximum absolute atomic E-state index is 10.7. The van der Waals surface area contributed by atoms with Gasteiger partial charge in [0.2, 0.25) is 0 Å². The molecule has 0 aromatic carbocycles. The van der Waals surface area contributed by atoms with E-state index in [1.165, 1.54) is 0 Å². The van der Waals surface area contributed by atoms with Crippen molar-refractivity contribution in [2.45, 2.75) is 26.0 Å². The highest BCUT2D eigenvalue weighted by molar-refractivity contribution is 5.73. The standard InChI is InChI=1S/C13H15N3O2/c1-13(2,18)9-16-7-10(6-14-16)12-5-3-4-11(8-17)15-12/h3-8,18H,9H2,1-2H3. The van der Waals surface area contributed by atoms with Crippen molar-refractivity contribution in [3.8, 4) is 11.3 Å². The first-order chi connectivity index (χ1) is 8.48. The van der Waals surface area contributed by atoms with Crippen molar-refractivity contribution in [2.24, 2.45) is 0 Å².